The largest absolute Gasteiger partial charge is 0.497 e. The molecule has 2 atom stereocenters. The Morgan fingerprint density at radius 1 is 1.12 bits per heavy atom. The van der Waals surface area contributed by atoms with Gasteiger partial charge >= 0.3 is 0 Å². The summed E-state index contributed by atoms with van der Waals surface area (Å²) in [5, 5.41) is 4.05. The topological polar surface area (TPSA) is 50.5 Å². The Hall–Kier alpha value is -2.86. The minimum absolute atomic E-state index is 0.101. The van der Waals surface area contributed by atoms with Crippen molar-refractivity contribution in [3.63, 3.8) is 0 Å². The average molecular weight is 365 g/mol. The van der Waals surface area contributed by atoms with Crippen LogP contribution in [0.1, 0.15) is 29.3 Å². The molecule has 6 heteroatoms. The summed E-state index contributed by atoms with van der Waals surface area (Å²) in [6, 6.07) is 17.5. The van der Waals surface area contributed by atoms with E-state index in [0.29, 0.717) is 5.11 Å². The lowest BCUT2D eigenvalue weighted by molar-refractivity contribution is 0.413. The van der Waals surface area contributed by atoms with Gasteiger partial charge in [-0.25, -0.2) is 0 Å². The normalized spacial score (nSPS) is 19.5. The minimum Gasteiger partial charge on any atom is -0.497 e. The number of anilines is 1. The molecule has 3 aromatic rings. The second-order valence-electron chi connectivity index (χ2n) is 6.14. The zero-order valence-electron chi connectivity index (χ0n) is 14.5. The van der Waals surface area contributed by atoms with Gasteiger partial charge in [-0.2, -0.15) is 0 Å². The summed E-state index contributed by atoms with van der Waals surface area (Å²) >= 11 is 5.66. The van der Waals surface area contributed by atoms with E-state index in [0.717, 1.165) is 28.7 Å². The number of benzene rings is 1. The number of thiocarbonyl (C=S) groups is 1. The van der Waals surface area contributed by atoms with Gasteiger partial charge in [0, 0.05) is 11.9 Å². The van der Waals surface area contributed by atoms with E-state index < -0.39 is 0 Å². The summed E-state index contributed by atoms with van der Waals surface area (Å²) in [7, 11) is 1.66. The van der Waals surface area contributed by atoms with Gasteiger partial charge in [0.1, 0.15) is 23.3 Å². The summed E-state index contributed by atoms with van der Waals surface area (Å²) in [6.45, 7) is 1.94. The molecule has 1 aliphatic rings. The zero-order valence-corrected chi connectivity index (χ0v) is 15.4. The summed E-state index contributed by atoms with van der Waals surface area (Å²) < 4.78 is 11.2. The minimum atomic E-state index is -0.125. The van der Waals surface area contributed by atoms with E-state index in [1.165, 1.54) is 0 Å². The lowest BCUT2D eigenvalue weighted by atomic mass is 10.0. The molecule has 0 aliphatic carbocycles. The number of ether oxygens (including phenoxy) is 1. The molecule has 0 radical (unpaired) electrons. The van der Waals surface area contributed by atoms with Crippen LogP contribution in [0.2, 0.25) is 0 Å². The fraction of sp³-hybridized carbons (Fsp3) is 0.200. The third-order valence-corrected chi connectivity index (χ3v) is 4.82. The second-order valence-corrected chi connectivity index (χ2v) is 6.53. The maximum absolute atomic E-state index is 5.97. The van der Waals surface area contributed by atoms with Crippen molar-refractivity contribution >= 4 is 23.0 Å². The predicted octanol–water partition coefficient (Wildman–Crippen LogP) is 4.17. The Bertz CT molecular complexity index is 908. The van der Waals surface area contributed by atoms with Crippen LogP contribution in [-0.2, 0) is 0 Å². The van der Waals surface area contributed by atoms with Gasteiger partial charge in [-0.05, 0) is 67.7 Å². The molecule has 2 aromatic heterocycles. The first-order chi connectivity index (χ1) is 12.7. The summed E-state index contributed by atoms with van der Waals surface area (Å²) in [4.78, 5) is 6.60. The average Bonchev–Trinajstić information content (AvgIpc) is 3.25. The van der Waals surface area contributed by atoms with E-state index in [2.05, 4.69) is 15.2 Å². The van der Waals surface area contributed by atoms with Gasteiger partial charge in [-0.3, -0.25) is 4.98 Å². The predicted molar refractivity (Wildman–Crippen MR) is 104 cm³/mol. The van der Waals surface area contributed by atoms with Gasteiger partial charge in [0.2, 0.25) is 0 Å². The van der Waals surface area contributed by atoms with E-state index in [1.807, 2.05) is 61.5 Å². The number of nitrogens with one attached hydrogen (secondary N) is 1. The molecule has 1 N–H and O–H groups in total. The fourth-order valence-electron chi connectivity index (χ4n) is 3.28. The molecule has 1 aromatic carbocycles. The molecule has 1 aliphatic heterocycles. The first-order valence-corrected chi connectivity index (χ1v) is 8.79. The number of methoxy groups -OCH3 is 1. The zero-order chi connectivity index (χ0) is 18.1. The third kappa shape index (κ3) is 2.93. The molecule has 0 unspecified atom stereocenters. The highest BCUT2D eigenvalue weighted by molar-refractivity contribution is 7.80. The van der Waals surface area contributed by atoms with E-state index in [4.69, 9.17) is 21.4 Å². The number of nitrogens with zero attached hydrogens (tertiary/aromatic N) is 2. The van der Waals surface area contributed by atoms with Crippen molar-refractivity contribution in [2.75, 3.05) is 12.0 Å². The highest BCUT2D eigenvalue weighted by Crippen LogP contribution is 2.42. The van der Waals surface area contributed by atoms with Crippen LogP contribution in [0, 0.1) is 6.92 Å². The first kappa shape index (κ1) is 16.6. The molecule has 1 fully saturated rings. The maximum Gasteiger partial charge on any atom is 0.174 e. The van der Waals surface area contributed by atoms with Gasteiger partial charge in [-0.15, -0.1) is 0 Å². The summed E-state index contributed by atoms with van der Waals surface area (Å²) in [6.07, 6.45) is 1.79. The Labute approximate surface area is 157 Å². The highest BCUT2D eigenvalue weighted by atomic mass is 32.1. The van der Waals surface area contributed by atoms with Crippen molar-refractivity contribution in [2.24, 2.45) is 0 Å². The van der Waals surface area contributed by atoms with Crippen LogP contribution in [0.5, 0.6) is 5.75 Å². The molecule has 0 saturated carbocycles. The van der Waals surface area contributed by atoms with Crippen LogP contribution >= 0.6 is 12.2 Å². The van der Waals surface area contributed by atoms with Crippen molar-refractivity contribution in [1.29, 1.82) is 0 Å². The van der Waals surface area contributed by atoms with Crippen LogP contribution in [0.4, 0.5) is 5.69 Å². The quantitative estimate of drug-likeness (QED) is 0.701. The molecule has 26 heavy (non-hydrogen) atoms. The van der Waals surface area contributed by atoms with Gasteiger partial charge in [0.25, 0.3) is 0 Å². The Morgan fingerprint density at radius 3 is 2.54 bits per heavy atom. The van der Waals surface area contributed by atoms with Crippen LogP contribution < -0.4 is 15.0 Å². The highest BCUT2D eigenvalue weighted by Gasteiger charge is 2.42. The number of hydrogen-bond donors (Lipinski definition) is 1. The SMILES string of the molecule is COc1ccc(N2C(=S)N[C@H](c3ccccn3)[C@@H]2c2ccc(C)o2)cc1. The molecule has 5 nitrogen and oxygen atoms in total. The lowest BCUT2D eigenvalue weighted by Gasteiger charge is -2.26. The number of hydrogen-bond acceptors (Lipinski definition) is 4. The summed E-state index contributed by atoms with van der Waals surface area (Å²) in [5.74, 6) is 2.52. The summed E-state index contributed by atoms with van der Waals surface area (Å²) in [5.41, 5.74) is 1.89. The van der Waals surface area contributed by atoms with Gasteiger partial charge in [0.05, 0.1) is 18.8 Å². The molecule has 0 bridgehead atoms. The molecule has 132 valence electrons. The molecule has 0 spiro atoms. The molecule has 3 heterocycles. The lowest BCUT2D eigenvalue weighted by Crippen LogP contribution is -2.29. The van der Waals surface area contributed by atoms with Crippen molar-refractivity contribution < 1.29 is 9.15 Å². The van der Waals surface area contributed by atoms with Crippen molar-refractivity contribution in [1.82, 2.24) is 10.3 Å². The van der Waals surface area contributed by atoms with Gasteiger partial charge < -0.3 is 19.4 Å². The Morgan fingerprint density at radius 2 is 1.92 bits per heavy atom. The van der Waals surface area contributed by atoms with Gasteiger partial charge in [-0.1, -0.05) is 6.07 Å². The number of aryl methyl sites for hydroxylation is 1. The maximum atomic E-state index is 5.97. The van der Waals surface area contributed by atoms with Crippen LogP contribution in [0.15, 0.2) is 65.2 Å². The van der Waals surface area contributed by atoms with Crippen molar-refractivity contribution in [3.05, 3.63) is 78.0 Å². The number of rotatable bonds is 4. The monoisotopic (exact) mass is 365 g/mol. The Kier molecular flexibility index (Phi) is 4.34. The van der Waals surface area contributed by atoms with Crippen molar-refractivity contribution in [2.45, 2.75) is 19.0 Å². The smallest absolute Gasteiger partial charge is 0.174 e. The van der Waals surface area contributed by atoms with Gasteiger partial charge in [0.15, 0.2) is 5.11 Å². The number of pyridine rings is 1. The molecular weight excluding hydrogens is 346 g/mol. The van der Waals surface area contributed by atoms with Crippen LogP contribution in [-0.4, -0.2) is 17.2 Å². The van der Waals surface area contributed by atoms with E-state index >= 15 is 0 Å². The van der Waals surface area contributed by atoms with Crippen LogP contribution in [0.25, 0.3) is 0 Å². The van der Waals surface area contributed by atoms with Crippen LogP contribution in [0.3, 0.4) is 0 Å². The fourth-order valence-corrected chi connectivity index (χ4v) is 3.62. The molecule has 1 saturated heterocycles. The molecule has 0 amide bonds. The third-order valence-electron chi connectivity index (χ3n) is 4.50. The van der Waals surface area contributed by atoms with E-state index in [-0.39, 0.29) is 12.1 Å². The van der Waals surface area contributed by atoms with E-state index in [1.54, 1.807) is 13.3 Å². The Balaban J connectivity index is 1.79. The van der Waals surface area contributed by atoms with Crippen molar-refractivity contribution in [3.8, 4) is 5.75 Å². The molecular formula is C20H19N3O2S. The number of aromatic nitrogens is 1. The second kappa shape index (κ2) is 6.80. The first-order valence-electron chi connectivity index (χ1n) is 8.38. The number of furan rings is 1. The van der Waals surface area contributed by atoms with E-state index in [9.17, 15) is 0 Å². The molecule has 4 rings (SSSR count). The standard InChI is InChI=1S/C20H19N3O2S/c1-13-6-11-17(25-13)19-18(16-5-3-4-12-21-16)22-20(26)23(19)14-7-9-15(24-2)10-8-14/h3-12,18-19H,1-2H3,(H,22,26)/t18-,19+/m1/s1.